The van der Waals surface area contributed by atoms with Gasteiger partial charge in [-0.2, -0.15) is 18.2 Å². The quantitative estimate of drug-likeness (QED) is 0.273. The maximum atomic E-state index is 13.1. The van der Waals surface area contributed by atoms with Crippen LogP contribution >= 0.6 is 0 Å². The zero-order chi connectivity index (χ0) is 28.4. The van der Waals surface area contributed by atoms with Gasteiger partial charge in [0, 0.05) is 18.2 Å². The molecule has 11 nitrogen and oxygen atoms in total. The van der Waals surface area contributed by atoms with Crippen molar-refractivity contribution in [3.8, 4) is 34.5 Å². The summed E-state index contributed by atoms with van der Waals surface area (Å²) in [5, 5.41) is 24.0. The molecule has 0 bridgehead atoms. The lowest BCUT2D eigenvalue weighted by molar-refractivity contribution is -0.135. The summed E-state index contributed by atoms with van der Waals surface area (Å²) in [7, 11) is 2.74. The van der Waals surface area contributed by atoms with Crippen LogP contribution in [0.3, 0.4) is 0 Å². The molecule has 0 spiro atoms. The van der Waals surface area contributed by atoms with E-state index in [4.69, 9.17) is 18.4 Å². The summed E-state index contributed by atoms with van der Waals surface area (Å²) in [5.74, 6) is -0.704. The van der Waals surface area contributed by atoms with Gasteiger partial charge in [0.2, 0.25) is 11.8 Å². The van der Waals surface area contributed by atoms with Gasteiger partial charge in [0.15, 0.2) is 11.1 Å². The second-order valence-corrected chi connectivity index (χ2v) is 8.65. The molecule has 3 aromatic heterocycles. The molecule has 5 aromatic rings. The van der Waals surface area contributed by atoms with E-state index in [1.165, 1.54) is 14.2 Å². The number of methoxy groups -OCH3 is 2. The Morgan fingerprint density at radius 3 is 2.45 bits per heavy atom. The fraction of sp³-hybridized carbons (Fsp3) is 0.269. The predicted molar refractivity (Wildman–Crippen MR) is 134 cm³/mol. The number of fused-ring (bicyclic) bond motifs is 1. The number of alkyl halides is 3. The number of aromatic nitrogens is 5. The van der Waals surface area contributed by atoms with Crippen LogP contribution in [0.5, 0.6) is 17.4 Å². The van der Waals surface area contributed by atoms with E-state index in [1.807, 2.05) is 12.1 Å². The van der Waals surface area contributed by atoms with Crippen molar-refractivity contribution >= 4 is 11.0 Å². The molecule has 0 aliphatic carbocycles. The Hall–Kier alpha value is -4.88. The first-order chi connectivity index (χ1) is 19.2. The molecule has 0 saturated heterocycles. The first-order valence-electron chi connectivity index (χ1n) is 12.0. The van der Waals surface area contributed by atoms with Gasteiger partial charge in [0.25, 0.3) is 11.4 Å². The van der Waals surface area contributed by atoms with Crippen LogP contribution in [0.1, 0.15) is 30.3 Å². The van der Waals surface area contributed by atoms with Crippen LogP contribution in [-0.2, 0) is 12.8 Å². The van der Waals surface area contributed by atoms with Crippen molar-refractivity contribution in [1.29, 1.82) is 0 Å². The van der Waals surface area contributed by atoms with Crippen molar-refractivity contribution in [2.45, 2.75) is 31.9 Å². The summed E-state index contributed by atoms with van der Waals surface area (Å²) < 4.78 is 61.5. The fourth-order valence-electron chi connectivity index (χ4n) is 4.28. The van der Waals surface area contributed by atoms with E-state index in [0.29, 0.717) is 11.3 Å². The molecule has 0 atom stereocenters. The zero-order valence-corrected chi connectivity index (χ0v) is 21.2. The van der Waals surface area contributed by atoms with Crippen LogP contribution in [0.2, 0.25) is 0 Å². The van der Waals surface area contributed by atoms with Gasteiger partial charge in [-0.1, -0.05) is 23.4 Å². The number of nitrogens with zero attached hydrogens (tertiary/aromatic N) is 5. The number of hydrogen-bond acceptors (Lipinski definition) is 10. The first-order valence-corrected chi connectivity index (χ1v) is 12.0. The predicted octanol–water partition coefficient (Wildman–Crippen LogP) is 4.62. The third-order valence-corrected chi connectivity index (χ3v) is 6.08. The molecule has 2 aromatic carbocycles. The number of aryl methyl sites for hydroxylation is 1. The maximum absolute atomic E-state index is 13.1. The Kier molecular flexibility index (Phi) is 7.15. The lowest BCUT2D eigenvalue weighted by Gasteiger charge is -2.20. The number of benzene rings is 2. The van der Waals surface area contributed by atoms with Crippen LogP contribution in [-0.4, -0.2) is 50.4 Å². The molecule has 5 rings (SSSR count). The van der Waals surface area contributed by atoms with Crippen LogP contribution in [0.15, 0.2) is 56.2 Å². The van der Waals surface area contributed by atoms with Crippen molar-refractivity contribution in [1.82, 2.24) is 24.9 Å². The molecule has 0 unspecified atom stereocenters. The van der Waals surface area contributed by atoms with E-state index in [-0.39, 0.29) is 54.1 Å². The van der Waals surface area contributed by atoms with E-state index in [1.54, 1.807) is 30.3 Å². The van der Waals surface area contributed by atoms with Crippen molar-refractivity contribution < 1.29 is 36.7 Å². The molecule has 0 radical (unpaired) electrons. The van der Waals surface area contributed by atoms with Crippen LogP contribution in [0, 0.1) is 0 Å². The summed E-state index contributed by atoms with van der Waals surface area (Å²) in [5.41, 5.74) is -0.212. The molecule has 0 saturated carbocycles. The van der Waals surface area contributed by atoms with Gasteiger partial charge in [-0.05, 0) is 30.7 Å². The Balaban J connectivity index is 1.60. The normalized spacial score (nSPS) is 11.7. The summed E-state index contributed by atoms with van der Waals surface area (Å²) in [6, 6.07) is 11.9. The molecule has 208 valence electrons. The number of para-hydroxylation sites is 2. The molecule has 0 fully saturated rings. The molecule has 14 heteroatoms. The Morgan fingerprint density at radius 2 is 1.75 bits per heavy atom. The second-order valence-electron chi connectivity index (χ2n) is 8.65. The molecule has 3 heterocycles. The molecule has 0 aliphatic heterocycles. The van der Waals surface area contributed by atoms with Gasteiger partial charge in [-0.3, -0.25) is 9.36 Å². The molecular formula is C26H22F3N5O6. The van der Waals surface area contributed by atoms with E-state index < -0.39 is 29.6 Å². The standard InChI is InChI=1S/C26H22F3N5O6/c1-37-17-9-5-10-18(38-2)22(17)34-19(11-6-12-26(27,28)29)30-23(35)21(25(34)36)24-32-31-20(39-24)13-15-14-7-3-4-8-16(14)40-33-15/h3-5,7-10,36H,6,11-13H2,1-2H3. The summed E-state index contributed by atoms with van der Waals surface area (Å²) in [4.78, 5) is 17.1. The molecule has 0 amide bonds. The topological polar surface area (TPSA) is 139 Å². The zero-order valence-electron chi connectivity index (χ0n) is 21.2. The van der Waals surface area contributed by atoms with Gasteiger partial charge >= 0.3 is 6.18 Å². The average molecular weight is 557 g/mol. The van der Waals surface area contributed by atoms with Crippen LogP contribution in [0.4, 0.5) is 13.2 Å². The SMILES string of the molecule is COc1cccc(OC)c1-n1c(CCCC(F)(F)F)nc(=O)c(-c2nnc(Cc3noc4ccccc34)o2)c1O. The van der Waals surface area contributed by atoms with E-state index in [0.717, 1.165) is 9.95 Å². The minimum Gasteiger partial charge on any atom is -0.494 e. The fourth-order valence-corrected chi connectivity index (χ4v) is 4.28. The van der Waals surface area contributed by atoms with Gasteiger partial charge in [-0.15, -0.1) is 10.2 Å². The lowest BCUT2D eigenvalue weighted by atomic mass is 10.1. The number of hydrogen-bond donors (Lipinski definition) is 1. The van der Waals surface area contributed by atoms with E-state index >= 15 is 0 Å². The van der Waals surface area contributed by atoms with Crippen LogP contribution in [0.25, 0.3) is 28.1 Å². The van der Waals surface area contributed by atoms with E-state index in [2.05, 4.69) is 20.3 Å². The molecule has 1 N–H and O–H groups in total. The molecule has 40 heavy (non-hydrogen) atoms. The van der Waals surface area contributed by atoms with E-state index in [9.17, 15) is 23.1 Å². The molecular weight excluding hydrogens is 535 g/mol. The minimum atomic E-state index is -4.41. The summed E-state index contributed by atoms with van der Waals surface area (Å²) in [6.45, 7) is 0. The number of rotatable bonds is 9. The average Bonchev–Trinajstić information content (AvgIpc) is 3.55. The first kappa shape index (κ1) is 26.7. The second kappa shape index (κ2) is 10.7. The lowest BCUT2D eigenvalue weighted by Crippen LogP contribution is -2.21. The smallest absolute Gasteiger partial charge is 0.389 e. The highest BCUT2D eigenvalue weighted by Crippen LogP contribution is 2.38. The van der Waals surface area contributed by atoms with Gasteiger partial charge in [0.05, 0.1) is 20.6 Å². The monoisotopic (exact) mass is 557 g/mol. The Labute approximate surface area is 223 Å². The van der Waals surface area contributed by atoms with Crippen molar-refractivity contribution in [2.75, 3.05) is 14.2 Å². The van der Waals surface area contributed by atoms with Gasteiger partial charge in [-0.25, -0.2) is 0 Å². The summed E-state index contributed by atoms with van der Waals surface area (Å²) in [6.07, 6.45) is -6.13. The Morgan fingerprint density at radius 1 is 1.02 bits per heavy atom. The van der Waals surface area contributed by atoms with Crippen molar-refractivity contribution in [2.24, 2.45) is 0 Å². The highest BCUT2D eigenvalue weighted by molar-refractivity contribution is 5.79. The number of ether oxygens (including phenoxy) is 2. The van der Waals surface area contributed by atoms with Gasteiger partial charge in [0.1, 0.15) is 28.7 Å². The summed E-state index contributed by atoms with van der Waals surface area (Å²) >= 11 is 0. The largest absolute Gasteiger partial charge is 0.494 e. The highest BCUT2D eigenvalue weighted by Gasteiger charge is 2.29. The van der Waals surface area contributed by atoms with Crippen molar-refractivity contribution in [3.05, 3.63) is 70.2 Å². The third kappa shape index (κ3) is 5.19. The van der Waals surface area contributed by atoms with Gasteiger partial charge < -0.3 is 23.5 Å². The maximum Gasteiger partial charge on any atom is 0.389 e. The van der Waals surface area contributed by atoms with Crippen LogP contribution < -0.4 is 15.0 Å². The minimum absolute atomic E-state index is 0.0717. The Bertz CT molecular complexity index is 1700. The third-order valence-electron chi connectivity index (χ3n) is 6.08. The highest BCUT2D eigenvalue weighted by atomic mass is 19.4. The molecule has 0 aliphatic rings. The number of aromatic hydroxyl groups is 1. The number of halogens is 3. The van der Waals surface area contributed by atoms with Crippen molar-refractivity contribution in [3.63, 3.8) is 0 Å².